The van der Waals surface area contributed by atoms with Crippen molar-refractivity contribution in [2.45, 2.75) is 31.4 Å². The number of aromatic nitrogens is 3. The van der Waals surface area contributed by atoms with Crippen LogP contribution in [0, 0.1) is 0 Å². The second-order valence-corrected chi connectivity index (χ2v) is 7.06. The van der Waals surface area contributed by atoms with Gasteiger partial charge in [0, 0.05) is 49.9 Å². The zero-order chi connectivity index (χ0) is 18.0. The van der Waals surface area contributed by atoms with Gasteiger partial charge in [0.05, 0.1) is 5.69 Å². The first kappa shape index (κ1) is 16.9. The third-order valence-corrected chi connectivity index (χ3v) is 5.15. The molecule has 2 aromatic heterocycles. The minimum atomic E-state index is -0.798. The van der Waals surface area contributed by atoms with E-state index in [0.29, 0.717) is 13.1 Å². The van der Waals surface area contributed by atoms with E-state index in [9.17, 15) is 5.11 Å². The number of nitrogens with one attached hydrogen (secondary N) is 1. The van der Waals surface area contributed by atoms with E-state index >= 15 is 0 Å². The average molecular weight is 348 g/mol. The van der Waals surface area contributed by atoms with Gasteiger partial charge in [0.25, 0.3) is 0 Å². The predicted molar refractivity (Wildman–Crippen MR) is 101 cm³/mol. The summed E-state index contributed by atoms with van der Waals surface area (Å²) in [6.07, 6.45) is 8.45. The van der Waals surface area contributed by atoms with Crippen LogP contribution in [0.3, 0.4) is 0 Å². The molecule has 4 rings (SSSR count). The van der Waals surface area contributed by atoms with Gasteiger partial charge in [-0.2, -0.15) is 5.10 Å². The Balaban J connectivity index is 1.50. The largest absolute Gasteiger partial charge is 0.384 e. The van der Waals surface area contributed by atoms with E-state index in [-0.39, 0.29) is 0 Å². The molecule has 1 aliphatic carbocycles. The smallest absolute Gasteiger partial charge is 0.102 e. The molecule has 0 saturated heterocycles. The fraction of sp³-hybridized carbons (Fsp3) is 0.333. The normalized spacial score (nSPS) is 19.3. The van der Waals surface area contributed by atoms with Crippen molar-refractivity contribution in [2.75, 3.05) is 6.54 Å². The number of aliphatic hydroxyl groups is 1. The zero-order valence-electron chi connectivity index (χ0n) is 15.0. The van der Waals surface area contributed by atoms with Gasteiger partial charge in [-0.3, -0.25) is 9.67 Å². The molecule has 0 amide bonds. The maximum Gasteiger partial charge on any atom is 0.102 e. The highest BCUT2D eigenvalue weighted by atomic mass is 16.3. The van der Waals surface area contributed by atoms with Gasteiger partial charge in [-0.05, 0) is 42.5 Å². The van der Waals surface area contributed by atoms with Crippen LogP contribution in [-0.4, -0.2) is 26.4 Å². The number of pyridine rings is 1. The molecule has 0 aliphatic heterocycles. The van der Waals surface area contributed by atoms with Gasteiger partial charge in [0.2, 0.25) is 0 Å². The number of hydrogen-bond donors (Lipinski definition) is 2. The minimum absolute atomic E-state index is 0.536. The SMILES string of the molecule is Cn1cc(CNCC2(O)CCCc3ccccc32)c(-c2ccncc2)n1. The van der Waals surface area contributed by atoms with Crippen LogP contribution in [0.15, 0.2) is 55.0 Å². The first-order valence-electron chi connectivity index (χ1n) is 9.10. The van der Waals surface area contributed by atoms with Crippen LogP contribution in [0.4, 0.5) is 0 Å². The maximum atomic E-state index is 11.2. The van der Waals surface area contributed by atoms with Crippen LogP contribution in [0.5, 0.6) is 0 Å². The summed E-state index contributed by atoms with van der Waals surface area (Å²) in [5.74, 6) is 0. The fourth-order valence-corrected chi connectivity index (χ4v) is 3.91. The number of rotatable bonds is 5. The van der Waals surface area contributed by atoms with Crippen molar-refractivity contribution >= 4 is 0 Å². The molecular weight excluding hydrogens is 324 g/mol. The Bertz CT molecular complexity index is 890. The molecule has 5 nitrogen and oxygen atoms in total. The lowest BCUT2D eigenvalue weighted by molar-refractivity contribution is 0.0189. The van der Waals surface area contributed by atoms with Gasteiger partial charge >= 0.3 is 0 Å². The molecule has 1 atom stereocenters. The molecule has 0 bridgehead atoms. The van der Waals surface area contributed by atoms with Crippen LogP contribution in [0.2, 0.25) is 0 Å². The number of benzene rings is 1. The summed E-state index contributed by atoms with van der Waals surface area (Å²) in [5.41, 5.74) is 4.67. The lowest BCUT2D eigenvalue weighted by Gasteiger charge is -2.34. The molecule has 2 heterocycles. The van der Waals surface area contributed by atoms with Crippen LogP contribution < -0.4 is 5.32 Å². The molecule has 1 aliphatic rings. The van der Waals surface area contributed by atoms with Crippen molar-refractivity contribution in [1.82, 2.24) is 20.1 Å². The quantitative estimate of drug-likeness (QED) is 0.744. The van der Waals surface area contributed by atoms with E-state index in [2.05, 4.69) is 33.6 Å². The maximum absolute atomic E-state index is 11.2. The predicted octanol–water partition coefficient (Wildman–Crippen LogP) is 2.80. The summed E-state index contributed by atoms with van der Waals surface area (Å²) < 4.78 is 1.83. The molecule has 1 unspecified atom stereocenters. The summed E-state index contributed by atoms with van der Waals surface area (Å²) in [6, 6.07) is 12.2. The Morgan fingerprint density at radius 3 is 2.85 bits per heavy atom. The molecular formula is C21H24N4O. The van der Waals surface area contributed by atoms with E-state index in [4.69, 9.17) is 0 Å². The van der Waals surface area contributed by atoms with Crippen LogP contribution in [0.25, 0.3) is 11.3 Å². The Hall–Kier alpha value is -2.50. The number of hydrogen-bond acceptors (Lipinski definition) is 4. The van der Waals surface area contributed by atoms with E-state index < -0.39 is 5.60 Å². The minimum Gasteiger partial charge on any atom is -0.384 e. The van der Waals surface area contributed by atoms with Gasteiger partial charge in [-0.15, -0.1) is 0 Å². The highest BCUT2D eigenvalue weighted by molar-refractivity contribution is 5.61. The summed E-state index contributed by atoms with van der Waals surface area (Å²) >= 11 is 0. The van der Waals surface area contributed by atoms with E-state index in [1.165, 1.54) is 5.56 Å². The van der Waals surface area contributed by atoms with Crippen LogP contribution >= 0.6 is 0 Å². The molecule has 1 aromatic carbocycles. The van der Waals surface area contributed by atoms with Crippen molar-refractivity contribution in [3.05, 3.63) is 71.7 Å². The Morgan fingerprint density at radius 2 is 2.00 bits per heavy atom. The molecule has 0 saturated carbocycles. The van der Waals surface area contributed by atoms with E-state index in [0.717, 1.165) is 41.6 Å². The Morgan fingerprint density at radius 1 is 1.19 bits per heavy atom. The van der Waals surface area contributed by atoms with Gasteiger partial charge in [-0.1, -0.05) is 24.3 Å². The highest BCUT2D eigenvalue weighted by Crippen LogP contribution is 2.34. The molecule has 0 radical (unpaired) electrons. The summed E-state index contributed by atoms with van der Waals surface area (Å²) in [5, 5.41) is 19.2. The number of fused-ring (bicyclic) bond motifs is 1. The second-order valence-electron chi connectivity index (χ2n) is 7.06. The van der Waals surface area contributed by atoms with Crippen molar-refractivity contribution < 1.29 is 5.11 Å². The molecule has 3 aromatic rings. The lowest BCUT2D eigenvalue weighted by Crippen LogP contribution is -2.40. The third-order valence-electron chi connectivity index (χ3n) is 5.15. The molecule has 5 heteroatoms. The van der Waals surface area contributed by atoms with Crippen molar-refractivity contribution in [2.24, 2.45) is 7.05 Å². The fourth-order valence-electron chi connectivity index (χ4n) is 3.91. The Labute approximate surface area is 153 Å². The zero-order valence-corrected chi connectivity index (χ0v) is 15.0. The van der Waals surface area contributed by atoms with E-state index in [1.54, 1.807) is 12.4 Å². The summed E-state index contributed by atoms with van der Waals surface area (Å²) in [4.78, 5) is 4.08. The van der Waals surface area contributed by atoms with Gasteiger partial charge in [0.1, 0.15) is 5.60 Å². The van der Waals surface area contributed by atoms with Crippen molar-refractivity contribution in [1.29, 1.82) is 0 Å². The van der Waals surface area contributed by atoms with Crippen molar-refractivity contribution in [3.63, 3.8) is 0 Å². The Kier molecular flexibility index (Phi) is 4.57. The monoisotopic (exact) mass is 348 g/mol. The molecule has 2 N–H and O–H groups in total. The number of nitrogens with zero attached hydrogens (tertiary/aromatic N) is 3. The highest BCUT2D eigenvalue weighted by Gasteiger charge is 2.33. The van der Waals surface area contributed by atoms with Gasteiger partial charge in [-0.25, -0.2) is 0 Å². The molecule has 0 spiro atoms. The topological polar surface area (TPSA) is 63.0 Å². The lowest BCUT2D eigenvalue weighted by atomic mass is 9.79. The molecule has 134 valence electrons. The standard InChI is InChI=1S/C21H24N4O/c1-25-14-18(20(24-25)17-8-11-22-12-9-17)13-23-15-21(26)10-4-6-16-5-2-3-7-19(16)21/h2-3,5,7-9,11-12,14,23,26H,4,6,10,13,15H2,1H3. The molecule has 0 fully saturated rings. The molecule has 26 heavy (non-hydrogen) atoms. The van der Waals surface area contributed by atoms with E-state index in [1.807, 2.05) is 36.1 Å². The summed E-state index contributed by atoms with van der Waals surface area (Å²) in [7, 11) is 1.93. The third kappa shape index (κ3) is 3.28. The first-order chi connectivity index (χ1) is 12.7. The number of aryl methyl sites for hydroxylation is 2. The average Bonchev–Trinajstić information content (AvgIpc) is 3.03. The van der Waals surface area contributed by atoms with Crippen LogP contribution in [-0.2, 0) is 25.6 Å². The van der Waals surface area contributed by atoms with Crippen LogP contribution in [0.1, 0.15) is 29.5 Å². The second kappa shape index (κ2) is 7.02. The van der Waals surface area contributed by atoms with Gasteiger partial charge in [0.15, 0.2) is 0 Å². The van der Waals surface area contributed by atoms with Gasteiger partial charge < -0.3 is 10.4 Å². The summed E-state index contributed by atoms with van der Waals surface area (Å²) in [6.45, 7) is 1.20. The van der Waals surface area contributed by atoms with Crippen molar-refractivity contribution in [3.8, 4) is 11.3 Å². The first-order valence-corrected chi connectivity index (χ1v) is 9.10.